The van der Waals surface area contributed by atoms with Crippen LogP contribution in [0.3, 0.4) is 0 Å². The van der Waals surface area contributed by atoms with E-state index in [0.717, 1.165) is 62.8 Å². The fraction of sp³-hybridized carbons (Fsp3) is 0.607. The largest absolute Gasteiger partial charge is 0.350 e. The molecular formula is C28H39N5O2. The van der Waals surface area contributed by atoms with Crippen LogP contribution in [0.15, 0.2) is 30.6 Å². The van der Waals surface area contributed by atoms with Crippen LogP contribution in [0.5, 0.6) is 0 Å². The summed E-state index contributed by atoms with van der Waals surface area (Å²) in [6.45, 7) is 3.27. The Balaban J connectivity index is 1.40. The number of amides is 2. The zero-order valence-corrected chi connectivity index (χ0v) is 20.9. The molecule has 3 atom stereocenters. The van der Waals surface area contributed by atoms with Crippen molar-refractivity contribution in [3.05, 3.63) is 53.1 Å². The van der Waals surface area contributed by atoms with Crippen molar-refractivity contribution in [3.63, 3.8) is 0 Å². The fourth-order valence-corrected chi connectivity index (χ4v) is 6.14. The number of carbonyl (C=O) groups is 2. The summed E-state index contributed by atoms with van der Waals surface area (Å²) in [5.74, 6) is 0.0768. The third-order valence-electron chi connectivity index (χ3n) is 8.40. The molecule has 188 valence electrons. The molecule has 1 aliphatic heterocycles. The van der Waals surface area contributed by atoms with E-state index in [1.165, 1.54) is 17.5 Å². The van der Waals surface area contributed by atoms with Crippen molar-refractivity contribution in [1.82, 2.24) is 19.8 Å². The molecule has 2 fully saturated rings. The van der Waals surface area contributed by atoms with Crippen LogP contribution in [0.25, 0.3) is 0 Å². The number of aryl methyl sites for hydroxylation is 1. The van der Waals surface area contributed by atoms with Gasteiger partial charge in [-0.2, -0.15) is 0 Å². The Kier molecular flexibility index (Phi) is 7.23. The first-order valence-electron chi connectivity index (χ1n) is 13.4. The van der Waals surface area contributed by atoms with Gasteiger partial charge in [0.25, 0.3) is 0 Å². The van der Waals surface area contributed by atoms with Crippen molar-refractivity contribution in [2.75, 3.05) is 0 Å². The second kappa shape index (κ2) is 10.5. The maximum atomic E-state index is 13.8. The van der Waals surface area contributed by atoms with Crippen LogP contribution in [0, 0.1) is 12.8 Å². The van der Waals surface area contributed by atoms with Gasteiger partial charge in [0.2, 0.25) is 11.8 Å². The molecule has 2 heterocycles. The average Bonchev–Trinajstić information content (AvgIpc) is 3.27. The van der Waals surface area contributed by atoms with Crippen molar-refractivity contribution in [2.24, 2.45) is 11.7 Å². The molecule has 1 aromatic carbocycles. The molecular weight excluding hydrogens is 438 g/mol. The van der Waals surface area contributed by atoms with Crippen molar-refractivity contribution in [3.8, 4) is 0 Å². The zero-order chi connectivity index (χ0) is 24.4. The van der Waals surface area contributed by atoms with Gasteiger partial charge in [0, 0.05) is 31.0 Å². The maximum Gasteiger partial charge on any atom is 0.243 e. The van der Waals surface area contributed by atoms with E-state index in [1.807, 2.05) is 17.3 Å². The molecule has 2 saturated carbocycles. The molecule has 0 bridgehead atoms. The molecule has 3 aliphatic rings. The summed E-state index contributed by atoms with van der Waals surface area (Å²) < 4.78 is 2.16. The minimum absolute atomic E-state index is 0.0112. The van der Waals surface area contributed by atoms with E-state index in [2.05, 4.69) is 35.0 Å². The van der Waals surface area contributed by atoms with E-state index in [1.54, 1.807) is 0 Å². The molecule has 3 N–H and O–H groups in total. The molecule has 1 aromatic heterocycles. The zero-order valence-electron chi connectivity index (χ0n) is 20.9. The molecule has 7 heteroatoms. The number of nitrogens with one attached hydrogen (secondary N) is 1. The number of rotatable bonds is 5. The summed E-state index contributed by atoms with van der Waals surface area (Å²) >= 11 is 0. The van der Waals surface area contributed by atoms with Crippen molar-refractivity contribution in [1.29, 1.82) is 0 Å². The van der Waals surface area contributed by atoms with Gasteiger partial charge in [-0.25, -0.2) is 4.98 Å². The van der Waals surface area contributed by atoms with Crippen LogP contribution in [0.1, 0.15) is 80.3 Å². The highest BCUT2D eigenvalue weighted by Crippen LogP contribution is 2.31. The van der Waals surface area contributed by atoms with Gasteiger partial charge < -0.3 is 20.5 Å². The Hall–Kier alpha value is -2.67. The van der Waals surface area contributed by atoms with Crippen molar-refractivity contribution < 1.29 is 9.59 Å². The Morgan fingerprint density at radius 1 is 1.06 bits per heavy atom. The highest BCUT2D eigenvalue weighted by Gasteiger charge is 2.40. The Bertz CT molecular complexity index is 1060. The SMILES string of the molecule is Cc1ccccc1Cn1cnc2c1CN(C(=O)C1CCCCC1)C(C(=O)NC1CCCCC1N)C2. The number of fused-ring (bicyclic) bond motifs is 1. The number of benzene rings is 1. The van der Waals surface area contributed by atoms with Gasteiger partial charge in [0.1, 0.15) is 6.04 Å². The molecule has 2 aromatic rings. The van der Waals surface area contributed by atoms with E-state index < -0.39 is 6.04 Å². The molecule has 5 rings (SSSR count). The smallest absolute Gasteiger partial charge is 0.243 e. The molecule has 3 unspecified atom stereocenters. The minimum Gasteiger partial charge on any atom is -0.350 e. The Morgan fingerprint density at radius 3 is 2.57 bits per heavy atom. The van der Waals surface area contributed by atoms with Crippen LogP contribution in [0.2, 0.25) is 0 Å². The highest BCUT2D eigenvalue weighted by molar-refractivity contribution is 5.89. The molecule has 2 amide bonds. The number of nitrogens with two attached hydrogens (primary N) is 1. The Morgan fingerprint density at radius 2 is 1.80 bits per heavy atom. The van der Waals surface area contributed by atoms with Gasteiger partial charge in [-0.05, 0) is 43.7 Å². The molecule has 0 saturated heterocycles. The molecule has 7 nitrogen and oxygen atoms in total. The number of nitrogens with zero attached hydrogens (tertiary/aromatic N) is 3. The first-order chi connectivity index (χ1) is 17.0. The van der Waals surface area contributed by atoms with E-state index in [4.69, 9.17) is 10.7 Å². The second-order valence-corrected chi connectivity index (χ2v) is 10.8. The molecule has 0 spiro atoms. The van der Waals surface area contributed by atoms with Crippen molar-refractivity contribution >= 4 is 11.8 Å². The van der Waals surface area contributed by atoms with E-state index >= 15 is 0 Å². The second-order valence-electron chi connectivity index (χ2n) is 10.8. The van der Waals surface area contributed by atoms with E-state index in [0.29, 0.717) is 19.5 Å². The number of carbonyl (C=O) groups excluding carboxylic acids is 2. The summed E-state index contributed by atoms with van der Waals surface area (Å²) in [5, 5.41) is 3.22. The quantitative estimate of drug-likeness (QED) is 0.690. The summed E-state index contributed by atoms with van der Waals surface area (Å²) in [7, 11) is 0. The third-order valence-corrected chi connectivity index (χ3v) is 8.40. The third kappa shape index (κ3) is 5.15. The minimum atomic E-state index is -0.520. The van der Waals surface area contributed by atoms with Gasteiger partial charge >= 0.3 is 0 Å². The number of imidazole rings is 1. The Labute approximate surface area is 208 Å². The normalized spacial score (nSPS) is 25.2. The lowest BCUT2D eigenvalue weighted by atomic mass is 9.86. The summed E-state index contributed by atoms with van der Waals surface area (Å²) in [5.41, 5.74) is 10.8. The van der Waals surface area contributed by atoms with Crippen LogP contribution < -0.4 is 11.1 Å². The number of aromatic nitrogens is 2. The van der Waals surface area contributed by atoms with Crippen LogP contribution in [-0.4, -0.2) is 44.4 Å². The fourth-order valence-electron chi connectivity index (χ4n) is 6.14. The molecule has 0 radical (unpaired) electrons. The highest BCUT2D eigenvalue weighted by atomic mass is 16.2. The van der Waals surface area contributed by atoms with Gasteiger partial charge in [-0.3, -0.25) is 9.59 Å². The topological polar surface area (TPSA) is 93.2 Å². The first-order valence-corrected chi connectivity index (χ1v) is 13.4. The number of hydrogen-bond donors (Lipinski definition) is 2. The lowest BCUT2D eigenvalue weighted by Gasteiger charge is -2.39. The monoisotopic (exact) mass is 477 g/mol. The van der Waals surface area contributed by atoms with Gasteiger partial charge in [0.15, 0.2) is 0 Å². The lowest BCUT2D eigenvalue weighted by Crippen LogP contribution is -2.58. The van der Waals surface area contributed by atoms with Crippen LogP contribution in [0.4, 0.5) is 0 Å². The van der Waals surface area contributed by atoms with Crippen LogP contribution in [-0.2, 0) is 29.1 Å². The predicted molar refractivity (Wildman–Crippen MR) is 135 cm³/mol. The van der Waals surface area contributed by atoms with Gasteiger partial charge in [-0.15, -0.1) is 0 Å². The van der Waals surface area contributed by atoms with Gasteiger partial charge in [0.05, 0.1) is 24.3 Å². The van der Waals surface area contributed by atoms with E-state index in [-0.39, 0.29) is 29.8 Å². The summed E-state index contributed by atoms with van der Waals surface area (Å²) in [6, 6.07) is 7.82. The van der Waals surface area contributed by atoms with Crippen LogP contribution >= 0.6 is 0 Å². The van der Waals surface area contributed by atoms with E-state index in [9.17, 15) is 9.59 Å². The average molecular weight is 478 g/mol. The predicted octanol–water partition coefficient (Wildman–Crippen LogP) is 3.46. The molecule has 35 heavy (non-hydrogen) atoms. The lowest BCUT2D eigenvalue weighted by molar-refractivity contribution is -0.146. The van der Waals surface area contributed by atoms with Crippen molar-refractivity contribution in [2.45, 2.75) is 102 Å². The summed E-state index contributed by atoms with van der Waals surface area (Å²) in [6.07, 6.45) is 11.6. The number of hydrogen-bond acceptors (Lipinski definition) is 4. The maximum absolute atomic E-state index is 13.8. The first kappa shape index (κ1) is 24.0. The van der Waals surface area contributed by atoms with Gasteiger partial charge in [-0.1, -0.05) is 56.4 Å². The summed E-state index contributed by atoms with van der Waals surface area (Å²) in [4.78, 5) is 33.9. The standard InChI is InChI=1S/C28H39N5O2/c1-19-9-5-6-12-21(19)16-32-18-30-24-15-25(27(34)31-23-14-8-7-13-22(23)29)33(17-26(24)32)28(35)20-10-3-2-4-11-20/h5-6,9,12,18,20,22-23,25H,2-4,7-8,10-11,13-17,29H2,1H3,(H,31,34). The molecule has 2 aliphatic carbocycles.